The summed E-state index contributed by atoms with van der Waals surface area (Å²) in [6.07, 6.45) is -5.77. The van der Waals surface area contributed by atoms with Crippen molar-refractivity contribution in [2.45, 2.75) is 32.0 Å². The molecule has 0 saturated carbocycles. The van der Waals surface area contributed by atoms with E-state index in [0.29, 0.717) is 4.90 Å². The highest BCUT2D eigenvalue weighted by molar-refractivity contribution is 14.1. The average Bonchev–Trinajstić information content (AvgIpc) is 2.68. The van der Waals surface area contributed by atoms with Gasteiger partial charge in [-0.05, 0) is 12.8 Å². The van der Waals surface area contributed by atoms with Crippen molar-refractivity contribution in [1.29, 1.82) is 0 Å². The van der Waals surface area contributed by atoms with Gasteiger partial charge in [-0.1, -0.05) is 29.5 Å². The lowest BCUT2D eigenvalue weighted by molar-refractivity contribution is -0.143. The van der Waals surface area contributed by atoms with E-state index in [-0.39, 0.29) is 10.8 Å². The summed E-state index contributed by atoms with van der Waals surface area (Å²) < 4.78 is 94.0. The Hall–Kier alpha value is -1.07. The van der Waals surface area contributed by atoms with E-state index in [4.69, 9.17) is 0 Å². The molecular formula is C14H11F7INO. The number of carbonyl (C=O) groups excluding carboxylic acids is 1. The van der Waals surface area contributed by atoms with Crippen LogP contribution in [0.4, 0.5) is 36.4 Å². The SMILES string of the molecule is CC1CC(=O)N(c2c(F)c(F)c(C(F)(F)F)c(F)c2F)C1(C)CI. The van der Waals surface area contributed by atoms with E-state index in [1.54, 1.807) is 6.92 Å². The molecule has 0 N–H and O–H groups in total. The van der Waals surface area contributed by atoms with E-state index in [1.807, 2.05) is 22.6 Å². The second-order valence-electron chi connectivity index (χ2n) is 5.80. The van der Waals surface area contributed by atoms with Gasteiger partial charge in [0.25, 0.3) is 0 Å². The van der Waals surface area contributed by atoms with E-state index in [1.165, 1.54) is 6.92 Å². The third-order valence-corrected chi connectivity index (χ3v) is 5.86. The number of amides is 1. The molecule has 1 aliphatic rings. The first-order valence-electron chi connectivity index (χ1n) is 6.70. The van der Waals surface area contributed by atoms with Gasteiger partial charge >= 0.3 is 6.18 Å². The van der Waals surface area contributed by atoms with Gasteiger partial charge in [-0.2, -0.15) is 13.2 Å². The average molecular weight is 469 g/mol. The van der Waals surface area contributed by atoms with Crippen molar-refractivity contribution < 1.29 is 35.5 Å². The van der Waals surface area contributed by atoms with Crippen molar-refractivity contribution in [3.8, 4) is 0 Å². The minimum Gasteiger partial charge on any atom is -0.300 e. The summed E-state index contributed by atoms with van der Waals surface area (Å²) >= 11 is 1.83. The lowest BCUT2D eigenvalue weighted by Crippen LogP contribution is -2.49. The zero-order valence-electron chi connectivity index (χ0n) is 12.4. The van der Waals surface area contributed by atoms with Gasteiger partial charge in [0.1, 0.15) is 11.3 Å². The fourth-order valence-electron chi connectivity index (χ4n) is 2.72. The van der Waals surface area contributed by atoms with Crippen LogP contribution in [0.2, 0.25) is 0 Å². The Kier molecular flexibility index (Phi) is 4.83. The summed E-state index contributed by atoms with van der Waals surface area (Å²) in [6.45, 7) is 3.05. The van der Waals surface area contributed by atoms with Gasteiger partial charge in [-0.15, -0.1) is 0 Å². The van der Waals surface area contributed by atoms with Crippen LogP contribution in [0.1, 0.15) is 25.8 Å². The van der Waals surface area contributed by atoms with Crippen LogP contribution in [0.5, 0.6) is 0 Å². The molecule has 2 unspecified atom stereocenters. The van der Waals surface area contributed by atoms with Crippen molar-refractivity contribution in [2.75, 3.05) is 9.33 Å². The second kappa shape index (κ2) is 6.03. The molecule has 0 spiro atoms. The van der Waals surface area contributed by atoms with Crippen LogP contribution in [0.3, 0.4) is 0 Å². The normalized spacial score (nSPS) is 24.8. The molecule has 2 nitrogen and oxygen atoms in total. The fraction of sp³-hybridized carbons (Fsp3) is 0.500. The zero-order chi connectivity index (χ0) is 18.6. The van der Waals surface area contributed by atoms with Gasteiger partial charge in [0, 0.05) is 10.8 Å². The molecule has 0 bridgehead atoms. The number of anilines is 1. The number of halogens is 8. The number of rotatable bonds is 2. The predicted molar refractivity (Wildman–Crippen MR) is 79.8 cm³/mol. The number of hydrogen-bond donors (Lipinski definition) is 0. The Bertz CT molecular complexity index is 676. The summed E-state index contributed by atoms with van der Waals surface area (Å²) in [4.78, 5) is 12.6. The summed E-state index contributed by atoms with van der Waals surface area (Å²) in [5.74, 6) is -10.9. The van der Waals surface area contributed by atoms with Gasteiger partial charge in [0.2, 0.25) is 5.91 Å². The number of benzene rings is 1. The van der Waals surface area contributed by atoms with Crippen LogP contribution in [-0.2, 0) is 11.0 Å². The van der Waals surface area contributed by atoms with Crippen LogP contribution in [0.15, 0.2) is 0 Å². The van der Waals surface area contributed by atoms with Crippen molar-refractivity contribution in [3.63, 3.8) is 0 Å². The maximum atomic E-state index is 14.2. The van der Waals surface area contributed by atoms with Gasteiger partial charge in [-0.25, -0.2) is 17.6 Å². The van der Waals surface area contributed by atoms with Gasteiger partial charge in [0.15, 0.2) is 23.3 Å². The topological polar surface area (TPSA) is 20.3 Å². The molecule has 1 amide bonds. The number of carbonyl (C=O) groups is 1. The molecule has 0 aromatic heterocycles. The second-order valence-corrected chi connectivity index (χ2v) is 6.57. The third-order valence-electron chi connectivity index (χ3n) is 4.32. The number of nitrogens with zero attached hydrogens (tertiary/aromatic N) is 1. The number of hydrogen-bond acceptors (Lipinski definition) is 1. The number of alkyl halides is 4. The standard InChI is InChI=1S/C14H11F7INO/c1-5-3-6(24)23(13(5,2)4-22)12-10(17)8(15)7(14(19,20)21)9(16)11(12)18/h5H,3-4H2,1-2H3. The molecule has 1 heterocycles. The lowest BCUT2D eigenvalue weighted by atomic mass is 9.90. The van der Waals surface area contributed by atoms with Crippen LogP contribution < -0.4 is 4.90 Å². The van der Waals surface area contributed by atoms with Crippen LogP contribution >= 0.6 is 22.6 Å². The van der Waals surface area contributed by atoms with Gasteiger partial charge < -0.3 is 4.90 Å². The first-order valence-corrected chi connectivity index (χ1v) is 8.22. The highest BCUT2D eigenvalue weighted by Gasteiger charge is 2.51. The summed E-state index contributed by atoms with van der Waals surface area (Å²) in [5.41, 5.74) is -5.28. The molecule has 0 radical (unpaired) electrons. The van der Waals surface area contributed by atoms with E-state index in [0.717, 1.165) is 0 Å². The summed E-state index contributed by atoms with van der Waals surface area (Å²) in [5, 5.41) is 0. The molecule has 134 valence electrons. The molecule has 1 fully saturated rings. The van der Waals surface area contributed by atoms with E-state index in [2.05, 4.69) is 0 Å². The molecule has 2 atom stereocenters. The highest BCUT2D eigenvalue weighted by Crippen LogP contribution is 2.45. The Balaban J connectivity index is 2.80. The summed E-state index contributed by atoms with van der Waals surface area (Å²) in [6, 6.07) is 0. The smallest absolute Gasteiger partial charge is 0.300 e. The molecule has 24 heavy (non-hydrogen) atoms. The minimum absolute atomic E-state index is 0.150. The molecule has 10 heteroatoms. The quantitative estimate of drug-likeness (QED) is 0.263. The maximum absolute atomic E-state index is 14.2. The summed E-state index contributed by atoms with van der Waals surface area (Å²) in [7, 11) is 0. The van der Waals surface area contributed by atoms with Crippen LogP contribution in [0.25, 0.3) is 0 Å². The minimum atomic E-state index is -5.62. The molecule has 1 saturated heterocycles. The van der Waals surface area contributed by atoms with E-state index < -0.39 is 58.1 Å². The molecule has 1 aliphatic heterocycles. The third kappa shape index (κ3) is 2.66. The van der Waals surface area contributed by atoms with Crippen molar-refractivity contribution in [3.05, 3.63) is 28.8 Å². The molecule has 0 aliphatic carbocycles. The Labute approximate surface area is 146 Å². The molecule has 1 aromatic rings. The monoisotopic (exact) mass is 469 g/mol. The largest absolute Gasteiger partial charge is 0.422 e. The molecule has 2 rings (SSSR count). The Morgan fingerprint density at radius 1 is 1.12 bits per heavy atom. The lowest BCUT2D eigenvalue weighted by Gasteiger charge is -2.37. The first kappa shape index (κ1) is 19.3. The highest BCUT2D eigenvalue weighted by atomic mass is 127. The van der Waals surface area contributed by atoms with Crippen molar-refractivity contribution >= 4 is 34.2 Å². The first-order chi connectivity index (χ1) is 10.9. The maximum Gasteiger partial charge on any atom is 0.422 e. The zero-order valence-corrected chi connectivity index (χ0v) is 14.5. The molecular weight excluding hydrogens is 458 g/mol. The van der Waals surface area contributed by atoms with Crippen LogP contribution in [0, 0.1) is 29.2 Å². The Morgan fingerprint density at radius 3 is 1.96 bits per heavy atom. The predicted octanol–water partition coefficient (Wildman–Crippen LogP) is 4.83. The van der Waals surface area contributed by atoms with E-state index >= 15 is 0 Å². The van der Waals surface area contributed by atoms with Gasteiger partial charge in [-0.3, -0.25) is 4.79 Å². The Morgan fingerprint density at radius 2 is 1.58 bits per heavy atom. The van der Waals surface area contributed by atoms with Crippen molar-refractivity contribution in [1.82, 2.24) is 0 Å². The van der Waals surface area contributed by atoms with Crippen molar-refractivity contribution in [2.24, 2.45) is 5.92 Å². The van der Waals surface area contributed by atoms with E-state index in [9.17, 15) is 35.5 Å². The molecule has 1 aromatic carbocycles. The van der Waals surface area contributed by atoms with Crippen LogP contribution in [-0.4, -0.2) is 15.9 Å². The van der Waals surface area contributed by atoms with Gasteiger partial charge in [0.05, 0.1) is 5.54 Å². The fourth-order valence-corrected chi connectivity index (χ4v) is 3.81.